The third-order valence-corrected chi connectivity index (χ3v) is 0.380. The molecule has 1 heterocycles. The fraction of sp³-hybridized carbons (Fsp3) is 0. The van der Waals surface area contributed by atoms with Crippen LogP contribution in [0, 0.1) is 6.07 Å². The smallest absolute Gasteiger partial charge is 0.259 e. The zero-order valence-corrected chi connectivity index (χ0v) is 2.88. The molecule has 1 rings (SSSR count). The van der Waals surface area contributed by atoms with E-state index in [0.29, 0.717) is 0 Å². The Balaban J connectivity index is 3.05. The van der Waals surface area contributed by atoms with Gasteiger partial charge in [0.1, 0.15) is 6.26 Å². The fourth-order valence-corrected chi connectivity index (χ4v) is 0.182. The van der Waals surface area contributed by atoms with Crippen molar-refractivity contribution >= 4 is 0 Å². The zero-order chi connectivity index (χ0) is 4.41. The molecule has 0 saturated heterocycles. The van der Waals surface area contributed by atoms with E-state index >= 15 is 0 Å². The second-order valence-electron chi connectivity index (χ2n) is 0.782. The van der Waals surface area contributed by atoms with Crippen LogP contribution in [0.25, 0.3) is 0 Å². The molecular formula is C3H2NO2. The van der Waals surface area contributed by atoms with Gasteiger partial charge in [0, 0.05) is 0 Å². The van der Waals surface area contributed by atoms with E-state index in [0.717, 1.165) is 0 Å². The minimum absolute atomic E-state index is 0.199. The van der Waals surface area contributed by atoms with E-state index in [1.54, 1.807) is 0 Å². The number of aromatic hydroxyl groups is 1. The van der Waals surface area contributed by atoms with E-state index in [1.807, 2.05) is 0 Å². The summed E-state index contributed by atoms with van der Waals surface area (Å²) in [6.45, 7) is 0. The molecule has 3 nitrogen and oxygen atoms in total. The molecule has 0 bridgehead atoms. The van der Waals surface area contributed by atoms with Crippen molar-refractivity contribution in [3.05, 3.63) is 12.3 Å². The Morgan fingerprint density at radius 2 is 2.83 bits per heavy atom. The summed E-state index contributed by atoms with van der Waals surface area (Å²) < 4.78 is 4.16. The van der Waals surface area contributed by atoms with Gasteiger partial charge in [0.15, 0.2) is 0 Å². The molecule has 0 aromatic carbocycles. The predicted molar refractivity (Wildman–Crippen MR) is 17.0 cm³/mol. The summed E-state index contributed by atoms with van der Waals surface area (Å²) in [5.74, 6) is -0.199. The Morgan fingerprint density at radius 1 is 2.00 bits per heavy atom. The lowest BCUT2D eigenvalue weighted by Crippen LogP contribution is -1.52. The van der Waals surface area contributed by atoms with Gasteiger partial charge in [-0.15, -0.1) is 0 Å². The first-order valence-corrected chi connectivity index (χ1v) is 1.40. The van der Waals surface area contributed by atoms with E-state index in [-0.39, 0.29) is 5.88 Å². The number of hydrogen-bond acceptors (Lipinski definition) is 3. The fourth-order valence-electron chi connectivity index (χ4n) is 0.182. The van der Waals surface area contributed by atoms with Gasteiger partial charge in [-0.2, -0.15) is 0 Å². The van der Waals surface area contributed by atoms with Crippen LogP contribution in [-0.4, -0.2) is 10.3 Å². The summed E-state index contributed by atoms with van der Waals surface area (Å²) in [7, 11) is 0. The number of aromatic nitrogens is 1. The summed E-state index contributed by atoms with van der Waals surface area (Å²) >= 11 is 0. The summed E-state index contributed by atoms with van der Waals surface area (Å²) in [6, 6.07) is 2.28. The predicted octanol–water partition coefficient (Wildman–Crippen LogP) is 0.180. The molecule has 0 amide bonds. The lowest BCUT2D eigenvalue weighted by atomic mass is 10.7. The Kier molecular flexibility index (Phi) is 0.538. The first kappa shape index (κ1) is 3.21. The summed E-state index contributed by atoms with van der Waals surface area (Å²) in [4.78, 5) is 0. The zero-order valence-electron chi connectivity index (χ0n) is 2.88. The average Bonchev–Trinajstić information content (AvgIpc) is 1.86. The summed E-state index contributed by atoms with van der Waals surface area (Å²) in [5.41, 5.74) is 0. The second-order valence-corrected chi connectivity index (χ2v) is 0.782. The molecule has 0 fully saturated rings. The molecule has 0 saturated carbocycles. The quantitative estimate of drug-likeness (QED) is 0.487. The van der Waals surface area contributed by atoms with E-state index in [4.69, 9.17) is 5.11 Å². The van der Waals surface area contributed by atoms with Crippen LogP contribution in [0.2, 0.25) is 0 Å². The maximum absolute atomic E-state index is 8.21. The number of nitrogens with zero attached hydrogens (tertiary/aromatic N) is 1. The maximum atomic E-state index is 8.21. The van der Waals surface area contributed by atoms with Crippen LogP contribution in [0.15, 0.2) is 10.8 Å². The highest BCUT2D eigenvalue weighted by atomic mass is 16.5. The van der Waals surface area contributed by atoms with Crippen LogP contribution in [0.4, 0.5) is 0 Å². The van der Waals surface area contributed by atoms with Gasteiger partial charge in [-0.05, 0) is 5.16 Å². The van der Waals surface area contributed by atoms with Gasteiger partial charge >= 0.3 is 0 Å². The summed E-state index contributed by atoms with van der Waals surface area (Å²) in [6.07, 6.45) is 1.18. The van der Waals surface area contributed by atoms with Crippen LogP contribution in [0.3, 0.4) is 0 Å². The largest absolute Gasteiger partial charge is 0.491 e. The van der Waals surface area contributed by atoms with Crippen molar-refractivity contribution < 1.29 is 9.63 Å². The Bertz CT molecular complexity index is 112. The van der Waals surface area contributed by atoms with Crippen LogP contribution < -0.4 is 0 Å². The average molecular weight is 84.1 g/mol. The highest BCUT2D eigenvalue weighted by Crippen LogP contribution is 1.96. The van der Waals surface area contributed by atoms with Crippen molar-refractivity contribution in [1.29, 1.82) is 0 Å². The van der Waals surface area contributed by atoms with Gasteiger partial charge in [0.25, 0.3) is 5.88 Å². The standard InChI is InChI=1S/C3H2NO2/c5-3-1-2-6-4-3/h2H,(H,4,5). The van der Waals surface area contributed by atoms with E-state index in [9.17, 15) is 0 Å². The first-order chi connectivity index (χ1) is 2.89. The first-order valence-electron chi connectivity index (χ1n) is 1.40. The molecule has 6 heavy (non-hydrogen) atoms. The maximum Gasteiger partial charge on any atom is 0.259 e. The van der Waals surface area contributed by atoms with Crippen molar-refractivity contribution in [3.63, 3.8) is 0 Å². The third kappa shape index (κ3) is 0.337. The molecular weight excluding hydrogens is 82.0 g/mol. The van der Waals surface area contributed by atoms with Crippen LogP contribution >= 0.6 is 0 Å². The minimum Gasteiger partial charge on any atom is -0.491 e. The van der Waals surface area contributed by atoms with Gasteiger partial charge in [-0.1, -0.05) is 0 Å². The monoisotopic (exact) mass is 84.0 g/mol. The minimum atomic E-state index is -0.199. The molecule has 1 aromatic heterocycles. The van der Waals surface area contributed by atoms with Gasteiger partial charge in [-0.25, -0.2) is 0 Å². The molecule has 0 aliphatic rings. The lowest BCUT2D eigenvalue weighted by Gasteiger charge is -1.63. The molecule has 31 valence electrons. The number of rotatable bonds is 0. The van der Waals surface area contributed by atoms with Gasteiger partial charge < -0.3 is 9.63 Å². The Labute approximate surface area is 34.2 Å². The summed E-state index contributed by atoms with van der Waals surface area (Å²) in [5, 5.41) is 11.3. The molecule has 0 atom stereocenters. The van der Waals surface area contributed by atoms with Crippen molar-refractivity contribution in [1.82, 2.24) is 5.16 Å². The molecule has 3 heteroatoms. The molecule has 1 radical (unpaired) electrons. The topological polar surface area (TPSA) is 46.3 Å². The van der Waals surface area contributed by atoms with Crippen molar-refractivity contribution in [2.45, 2.75) is 0 Å². The van der Waals surface area contributed by atoms with E-state index in [1.165, 1.54) is 6.26 Å². The Morgan fingerprint density at radius 3 is 3.00 bits per heavy atom. The molecule has 0 aliphatic heterocycles. The van der Waals surface area contributed by atoms with E-state index < -0.39 is 0 Å². The third-order valence-electron chi connectivity index (χ3n) is 0.380. The van der Waals surface area contributed by atoms with Crippen LogP contribution in [0.5, 0.6) is 5.88 Å². The van der Waals surface area contributed by atoms with Gasteiger partial charge in [-0.3, -0.25) is 0 Å². The highest BCUT2D eigenvalue weighted by Gasteiger charge is 1.83. The molecule has 0 aliphatic carbocycles. The molecule has 1 N–H and O–H groups in total. The van der Waals surface area contributed by atoms with Crippen LogP contribution in [0.1, 0.15) is 0 Å². The molecule has 0 unspecified atom stereocenters. The van der Waals surface area contributed by atoms with Crippen molar-refractivity contribution in [2.75, 3.05) is 0 Å². The lowest BCUT2D eigenvalue weighted by molar-refractivity contribution is 0.359. The van der Waals surface area contributed by atoms with Gasteiger partial charge in [0.2, 0.25) is 0 Å². The second kappa shape index (κ2) is 1.01. The van der Waals surface area contributed by atoms with Crippen LogP contribution in [-0.2, 0) is 0 Å². The highest BCUT2D eigenvalue weighted by molar-refractivity contribution is 4.95. The normalized spacial score (nSPS) is 8.67. The van der Waals surface area contributed by atoms with Crippen molar-refractivity contribution in [3.8, 4) is 5.88 Å². The Hall–Kier alpha value is -0.990. The van der Waals surface area contributed by atoms with Crippen molar-refractivity contribution in [2.24, 2.45) is 0 Å². The number of hydrogen-bond donors (Lipinski definition) is 1. The molecule has 0 spiro atoms. The van der Waals surface area contributed by atoms with Gasteiger partial charge in [0.05, 0.1) is 6.07 Å². The SMILES string of the molecule is Oc1[c]con1. The molecule has 1 aromatic rings. The van der Waals surface area contributed by atoms with E-state index in [2.05, 4.69) is 15.7 Å².